The van der Waals surface area contributed by atoms with Crippen molar-refractivity contribution >= 4 is 0 Å². The van der Waals surface area contributed by atoms with Crippen LogP contribution >= 0.6 is 0 Å². The molecule has 1 rings (SSSR count). The highest BCUT2D eigenvalue weighted by atomic mass is 16.3. The van der Waals surface area contributed by atoms with Crippen LogP contribution in [0.4, 0.5) is 0 Å². The van der Waals surface area contributed by atoms with E-state index in [-0.39, 0.29) is 0 Å². The molecule has 0 fully saturated rings. The van der Waals surface area contributed by atoms with Gasteiger partial charge >= 0.3 is 0 Å². The number of phenols is 1. The van der Waals surface area contributed by atoms with Crippen LogP contribution in [0.3, 0.4) is 0 Å². The number of hydrogen-bond donors (Lipinski definition) is 2. The number of benzene rings is 1. The Hall–Kier alpha value is -1.02. The molecule has 0 heterocycles. The minimum atomic E-state index is 0.320. The van der Waals surface area contributed by atoms with Crippen LogP contribution in [0.25, 0.3) is 0 Å². The SMILES string of the molecule is CCCC(N)CCCc1ccccc1O. The maximum absolute atomic E-state index is 9.55. The Morgan fingerprint density at radius 1 is 1.27 bits per heavy atom. The summed E-state index contributed by atoms with van der Waals surface area (Å²) < 4.78 is 0. The summed E-state index contributed by atoms with van der Waals surface area (Å²) in [6.07, 6.45) is 5.27. The van der Waals surface area contributed by atoms with Gasteiger partial charge in [-0.25, -0.2) is 0 Å². The van der Waals surface area contributed by atoms with Gasteiger partial charge < -0.3 is 10.8 Å². The molecule has 2 nitrogen and oxygen atoms in total. The number of aromatic hydroxyl groups is 1. The molecular weight excluding hydrogens is 186 g/mol. The molecule has 0 aliphatic carbocycles. The summed E-state index contributed by atoms with van der Waals surface area (Å²) in [6, 6.07) is 7.84. The van der Waals surface area contributed by atoms with Gasteiger partial charge in [-0.2, -0.15) is 0 Å². The highest BCUT2D eigenvalue weighted by Crippen LogP contribution is 2.18. The summed E-state index contributed by atoms with van der Waals surface area (Å²) in [4.78, 5) is 0. The average Bonchev–Trinajstić information content (AvgIpc) is 2.21. The van der Waals surface area contributed by atoms with E-state index in [1.807, 2.05) is 18.2 Å². The maximum Gasteiger partial charge on any atom is 0.118 e. The van der Waals surface area contributed by atoms with Crippen molar-refractivity contribution in [2.75, 3.05) is 0 Å². The topological polar surface area (TPSA) is 46.2 Å². The Kier molecular flexibility index (Phi) is 5.19. The van der Waals surface area contributed by atoms with E-state index < -0.39 is 0 Å². The maximum atomic E-state index is 9.55. The van der Waals surface area contributed by atoms with E-state index in [1.54, 1.807) is 6.07 Å². The van der Waals surface area contributed by atoms with Gasteiger partial charge in [-0.05, 0) is 37.3 Å². The molecule has 1 aromatic rings. The van der Waals surface area contributed by atoms with E-state index in [1.165, 1.54) is 0 Å². The van der Waals surface area contributed by atoms with E-state index in [4.69, 9.17) is 5.73 Å². The first-order chi connectivity index (χ1) is 7.24. The lowest BCUT2D eigenvalue weighted by Gasteiger charge is -2.10. The molecule has 2 heteroatoms. The second-order valence-corrected chi connectivity index (χ2v) is 4.07. The van der Waals surface area contributed by atoms with Crippen LogP contribution in [0, 0.1) is 0 Å². The molecule has 0 spiro atoms. The van der Waals surface area contributed by atoms with Gasteiger partial charge in [0.1, 0.15) is 5.75 Å². The lowest BCUT2D eigenvalue weighted by molar-refractivity contribution is 0.464. The van der Waals surface area contributed by atoms with Crippen molar-refractivity contribution in [2.24, 2.45) is 5.73 Å². The van der Waals surface area contributed by atoms with Crippen molar-refractivity contribution in [3.63, 3.8) is 0 Å². The minimum absolute atomic E-state index is 0.320. The molecule has 0 saturated heterocycles. The zero-order valence-electron chi connectivity index (χ0n) is 9.45. The monoisotopic (exact) mass is 207 g/mol. The Bertz CT molecular complexity index is 286. The largest absolute Gasteiger partial charge is 0.508 e. The first kappa shape index (κ1) is 12.1. The van der Waals surface area contributed by atoms with E-state index >= 15 is 0 Å². The van der Waals surface area contributed by atoms with Gasteiger partial charge in [0.05, 0.1) is 0 Å². The predicted molar refractivity (Wildman–Crippen MR) is 63.9 cm³/mol. The number of nitrogens with two attached hydrogens (primary N) is 1. The van der Waals surface area contributed by atoms with Crippen molar-refractivity contribution in [3.05, 3.63) is 29.8 Å². The fourth-order valence-electron chi connectivity index (χ4n) is 1.79. The Labute approximate surface area is 92.1 Å². The number of para-hydroxylation sites is 1. The number of phenolic OH excluding ortho intramolecular Hbond substituents is 1. The Balaban J connectivity index is 2.29. The summed E-state index contributed by atoms with van der Waals surface area (Å²) in [5, 5.41) is 9.55. The van der Waals surface area contributed by atoms with Crippen LogP contribution in [0.1, 0.15) is 38.2 Å². The summed E-state index contributed by atoms with van der Waals surface area (Å²) in [7, 11) is 0. The van der Waals surface area contributed by atoms with Crippen molar-refractivity contribution in [1.29, 1.82) is 0 Å². The van der Waals surface area contributed by atoms with Gasteiger partial charge in [-0.1, -0.05) is 31.5 Å². The van der Waals surface area contributed by atoms with Gasteiger partial charge in [-0.15, -0.1) is 0 Å². The predicted octanol–water partition coefficient (Wildman–Crippen LogP) is 2.84. The molecule has 0 aliphatic heterocycles. The minimum Gasteiger partial charge on any atom is -0.508 e. The molecule has 0 aliphatic rings. The van der Waals surface area contributed by atoms with Gasteiger partial charge in [0.25, 0.3) is 0 Å². The fourth-order valence-corrected chi connectivity index (χ4v) is 1.79. The van der Waals surface area contributed by atoms with Gasteiger partial charge in [0.2, 0.25) is 0 Å². The molecular formula is C13H21NO. The molecule has 1 atom stereocenters. The van der Waals surface area contributed by atoms with Gasteiger partial charge in [0, 0.05) is 6.04 Å². The molecule has 15 heavy (non-hydrogen) atoms. The first-order valence-electron chi connectivity index (χ1n) is 5.76. The third-order valence-corrected chi connectivity index (χ3v) is 2.67. The number of rotatable bonds is 6. The molecule has 0 bridgehead atoms. The average molecular weight is 207 g/mol. The second kappa shape index (κ2) is 6.46. The van der Waals surface area contributed by atoms with Crippen LogP contribution in [0.2, 0.25) is 0 Å². The second-order valence-electron chi connectivity index (χ2n) is 4.07. The summed E-state index contributed by atoms with van der Waals surface area (Å²) in [5.74, 6) is 0.404. The zero-order valence-corrected chi connectivity index (χ0v) is 9.45. The first-order valence-corrected chi connectivity index (χ1v) is 5.76. The smallest absolute Gasteiger partial charge is 0.118 e. The number of hydrogen-bond acceptors (Lipinski definition) is 2. The van der Waals surface area contributed by atoms with E-state index in [9.17, 15) is 5.11 Å². The quantitative estimate of drug-likeness (QED) is 0.753. The van der Waals surface area contributed by atoms with Crippen molar-refractivity contribution in [1.82, 2.24) is 0 Å². The lowest BCUT2D eigenvalue weighted by Crippen LogP contribution is -2.19. The molecule has 0 aromatic heterocycles. The van der Waals surface area contributed by atoms with Crippen LogP contribution < -0.4 is 5.73 Å². The highest BCUT2D eigenvalue weighted by molar-refractivity contribution is 5.31. The van der Waals surface area contributed by atoms with Crippen LogP contribution in [-0.4, -0.2) is 11.1 Å². The zero-order chi connectivity index (χ0) is 11.1. The van der Waals surface area contributed by atoms with Crippen LogP contribution in [0.15, 0.2) is 24.3 Å². The summed E-state index contributed by atoms with van der Waals surface area (Å²) in [6.45, 7) is 2.16. The molecule has 1 unspecified atom stereocenters. The summed E-state index contributed by atoms with van der Waals surface area (Å²) in [5.41, 5.74) is 6.95. The standard InChI is InChI=1S/C13H21NO/c1-2-6-12(14)9-5-8-11-7-3-4-10-13(11)15/h3-4,7,10,12,15H,2,5-6,8-9,14H2,1H3. The molecule has 0 saturated carbocycles. The molecule has 84 valence electrons. The van der Waals surface area contributed by atoms with Crippen molar-refractivity contribution in [2.45, 2.75) is 45.1 Å². The highest BCUT2D eigenvalue weighted by Gasteiger charge is 2.03. The normalized spacial score (nSPS) is 12.7. The molecule has 1 aromatic carbocycles. The molecule has 0 amide bonds. The Morgan fingerprint density at radius 2 is 2.00 bits per heavy atom. The fraction of sp³-hybridized carbons (Fsp3) is 0.538. The van der Waals surface area contributed by atoms with Crippen molar-refractivity contribution in [3.8, 4) is 5.75 Å². The van der Waals surface area contributed by atoms with Gasteiger partial charge in [-0.3, -0.25) is 0 Å². The lowest BCUT2D eigenvalue weighted by atomic mass is 10.0. The van der Waals surface area contributed by atoms with E-state index in [0.717, 1.165) is 37.7 Å². The van der Waals surface area contributed by atoms with Crippen molar-refractivity contribution < 1.29 is 5.11 Å². The van der Waals surface area contributed by atoms with Crippen LogP contribution in [-0.2, 0) is 6.42 Å². The number of aryl methyl sites for hydroxylation is 1. The van der Waals surface area contributed by atoms with Crippen LogP contribution in [0.5, 0.6) is 5.75 Å². The van der Waals surface area contributed by atoms with E-state index in [2.05, 4.69) is 6.92 Å². The third kappa shape index (κ3) is 4.34. The molecule has 3 N–H and O–H groups in total. The molecule has 0 radical (unpaired) electrons. The van der Waals surface area contributed by atoms with Gasteiger partial charge in [0.15, 0.2) is 0 Å². The van der Waals surface area contributed by atoms with E-state index in [0.29, 0.717) is 11.8 Å². The summed E-state index contributed by atoms with van der Waals surface area (Å²) >= 11 is 0. The third-order valence-electron chi connectivity index (χ3n) is 2.67. The Morgan fingerprint density at radius 3 is 2.67 bits per heavy atom.